The Bertz CT molecular complexity index is 1060. The molecule has 0 aliphatic carbocycles. The molecule has 6 nitrogen and oxygen atoms in total. The van der Waals surface area contributed by atoms with Gasteiger partial charge in [-0.1, -0.05) is 36.4 Å². The number of carbonyl (C=O) groups excluding carboxylic acids is 2. The molecule has 0 spiro atoms. The first-order valence-electron chi connectivity index (χ1n) is 9.06. The number of hydrogen-bond acceptors (Lipinski definition) is 4. The highest BCUT2D eigenvalue weighted by atomic mass is 32.2. The molecule has 3 rings (SSSR count). The molecule has 0 fully saturated rings. The number of thioether (sulfide) groups is 1. The normalized spacial score (nSPS) is 10.1. The smallest absolute Gasteiger partial charge is 0.250 e. The lowest BCUT2D eigenvalue weighted by atomic mass is 10.1. The maximum Gasteiger partial charge on any atom is 0.250 e. The average molecular weight is 437 g/mol. The molecule has 0 heterocycles. The molecule has 2 amide bonds. The Hall–Kier alpha value is -3.36. The summed E-state index contributed by atoms with van der Waals surface area (Å²) in [5.41, 5.74) is 7.74. The first-order chi connectivity index (χ1) is 14.5. The van der Waals surface area contributed by atoms with Gasteiger partial charge < -0.3 is 21.7 Å². The number of primary amides is 1. The number of rotatable bonds is 7. The Morgan fingerprint density at radius 3 is 2.27 bits per heavy atom. The summed E-state index contributed by atoms with van der Waals surface area (Å²) >= 11 is 6.72. The maximum atomic E-state index is 12.3. The third-order valence-electron chi connectivity index (χ3n) is 3.96. The quantitative estimate of drug-likeness (QED) is 0.325. The van der Waals surface area contributed by atoms with Crippen LogP contribution in [0.25, 0.3) is 0 Å². The second-order valence-electron chi connectivity index (χ2n) is 6.22. The van der Waals surface area contributed by atoms with Gasteiger partial charge >= 0.3 is 0 Å². The van der Waals surface area contributed by atoms with Crippen LogP contribution < -0.4 is 21.7 Å². The zero-order valence-corrected chi connectivity index (χ0v) is 17.6. The van der Waals surface area contributed by atoms with Crippen molar-refractivity contribution in [2.45, 2.75) is 4.90 Å². The molecule has 0 atom stereocenters. The van der Waals surface area contributed by atoms with Crippen molar-refractivity contribution in [2.75, 3.05) is 21.7 Å². The van der Waals surface area contributed by atoms with E-state index < -0.39 is 5.91 Å². The minimum atomic E-state index is -0.586. The number of nitrogens with one attached hydrogen (secondary N) is 3. The summed E-state index contributed by atoms with van der Waals surface area (Å²) in [7, 11) is 0. The van der Waals surface area contributed by atoms with E-state index in [-0.39, 0.29) is 17.2 Å². The van der Waals surface area contributed by atoms with Gasteiger partial charge in [-0.15, -0.1) is 11.8 Å². The molecule has 0 saturated heterocycles. The van der Waals surface area contributed by atoms with E-state index in [1.54, 1.807) is 24.3 Å². The lowest BCUT2D eigenvalue weighted by molar-refractivity contribution is -0.113. The molecule has 5 N–H and O–H groups in total. The lowest BCUT2D eigenvalue weighted by Gasteiger charge is -2.12. The van der Waals surface area contributed by atoms with E-state index in [1.807, 2.05) is 54.6 Å². The van der Waals surface area contributed by atoms with Crippen molar-refractivity contribution in [3.63, 3.8) is 0 Å². The van der Waals surface area contributed by atoms with Crippen molar-refractivity contribution >= 4 is 58.0 Å². The predicted molar refractivity (Wildman–Crippen MR) is 127 cm³/mol. The van der Waals surface area contributed by atoms with Gasteiger partial charge in [0.05, 0.1) is 17.0 Å². The van der Waals surface area contributed by atoms with Gasteiger partial charge in [0.15, 0.2) is 5.11 Å². The predicted octanol–water partition coefficient (Wildman–Crippen LogP) is 4.33. The zero-order chi connectivity index (χ0) is 21.3. The van der Waals surface area contributed by atoms with E-state index in [0.717, 1.165) is 16.3 Å². The van der Waals surface area contributed by atoms with Crippen LogP contribution in [0.3, 0.4) is 0 Å². The highest BCUT2D eigenvalue weighted by molar-refractivity contribution is 8.00. The number of carbonyl (C=O) groups is 2. The summed E-state index contributed by atoms with van der Waals surface area (Å²) in [6.45, 7) is 0. The first-order valence-corrected chi connectivity index (χ1v) is 10.5. The van der Waals surface area contributed by atoms with Crippen LogP contribution in [0, 0.1) is 0 Å². The second kappa shape index (κ2) is 10.4. The standard InChI is InChI=1S/C22H20N4O2S2/c23-21(28)18-11-4-5-12-19(18)26-20(27)14-30-17-10-6-9-16(13-17)25-22(29)24-15-7-2-1-3-8-15/h1-13H,14H2,(H2,23,28)(H,26,27)(H2,24,25,29). The molecule has 152 valence electrons. The van der Waals surface area contributed by atoms with Crippen LogP contribution in [0.5, 0.6) is 0 Å². The topological polar surface area (TPSA) is 96.2 Å². The zero-order valence-electron chi connectivity index (χ0n) is 15.9. The lowest BCUT2D eigenvalue weighted by Crippen LogP contribution is -2.19. The number of anilines is 3. The Morgan fingerprint density at radius 1 is 0.833 bits per heavy atom. The molecule has 0 aliphatic heterocycles. The van der Waals surface area contributed by atoms with E-state index in [4.69, 9.17) is 18.0 Å². The van der Waals surface area contributed by atoms with Gasteiger partial charge in [0.1, 0.15) is 0 Å². The Labute approximate surface area is 184 Å². The molecule has 0 aromatic heterocycles. The molecule has 0 bridgehead atoms. The van der Waals surface area contributed by atoms with Gasteiger partial charge in [-0.2, -0.15) is 0 Å². The second-order valence-corrected chi connectivity index (χ2v) is 7.68. The number of hydrogen-bond donors (Lipinski definition) is 4. The van der Waals surface area contributed by atoms with Crippen molar-refractivity contribution < 1.29 is 9.59 Å². The molecule has 8 heteroatoms. The van der Waals surface area contributed by atoms with Crippen LogP contribution in [0.4, 0.5) is 17.1 Å². The Kier molecular flexibility index (Phi) is 7.42. The summed E-state index contributed by atoms with van der Waals surface area (Å²) in [6.07, 6.45) is 0. The Morgan fingerprint density at radius 2 is 1.50 bits per heavy atom. The summed E-state index contributed by atoms with van der Waals surface area (Å²) in [5, 5.41) is 9.45. The van der Waals surface area contributed by atoms with E-state index in [9.17, 15) is 9.59 Å². The highest BCUT2D eigenvalue weighted by Crippen LogP contribution is 2.23. The van der Waals surface area contributed by atoms with Gasteiger partial charge in [0.2, 0.25) is 5.91 Å². The molecule has 3 aromatic carbocycles. The molecule has 3 aromatic rings. The van der Waals surface area contributed by atoms with Crippen LogP contribution in [0.2, 0.25) is 0 Å². The van der Waals surface area contributed by atoms with Crippen LogP contribution in [0.15, 0.2) is 83.8 Å². The fourth-order valence-corrected chi connectivity index (χ4v) is 3.61. The average Bonchev–Trinajstić information content (AvgIpc) is 2.73. The van der Waals surface area contributed by atoms with E-state index >= 15 is 0 Å². The molecule has 0 unspecified atom stereocenters. The minimum Gasteiger partial charge on any atom is -0.366 e. The van der Waals surface area contributed by atoms with Crippen LogP contribution in [-0.4, -0.2) is 22.7 Å². The highest BCUT2D eigenvalue weighted by Gasteiger charge is 2.11. The first kappa shape index (κ1) is 21.4. The van der Waals surface area contributed by atoms with E-state index in [2.05, 4.69) is 16.0 Å². The van der Waals surface area contributed by atoms with Crippen molar-refractivity contribution in [1.82, 2.24) is 0 Å². The monoisotopic (exact) mass is 436 g/mol. The number of amides is 2. The van der Waals surface area contributed by atoms with Gasteiger partial charge in [0.25, 0.3) is 5.91 Å². The number of benzene rings is 3. The molecule has 30 heavy (non-hydrogen) atoms. The number of nitrogens with two attached hydrogens (primary N) is 1. The fourth-order valence-electron chi connectivity index (χ4n) is 2.62. The molecule has 0 aliphatic rings. The minimum absolute atomic E-state index is 0.184. The molecular formula is C22H20N4O2S2. The third kappa shape index (κ3) is 6.33. The summed E-state index contributed by atoms with van der Waals surface area (Å²) < 4.78 is 0. The van der Waals surface area contributed by atoms with Gasteiger partial charge in [-0.25, -0.2) is 0 Å². The molecule has 0 saturated carbocycles. The van der Waals surface area contributed by atoms with E-state index in [1.165, 1.54) is 11.8 Å². The SMILES string of the molecule is NC(=O)c1ccccc1NC(=O)CSc1cccc(NC(=S)Nc2ccccc2)c1. The van der Waals surface area contributed by atoms with Crippen molar-refractivity contribution in [3.05, 3.63) is 84.4 Å². The van der Waals surface area contributed by atoms with Crippen LogP contribution in [0.1, 0.15) is 10.4 Å². The van der Waals surface area contributed by atoms with Gasteiger partial charge in [-0.3, -0.25) is 9.59 Å². The molecular weight excluding hydrogens is 416 g/mol. The summed E-state index contributed by atoms with van der Waals surface area (Å²) in [4.78, 5) is 24.7. The number of para-hydroxylation sites is 2. The Balaban J connectivity index is 1.54. The summed E-state index contributed by atoms with van der Waals surface area (Å²) in [5.74, 6) is -0.630. The maximum absolute atomic E-state index is 12.3. The van der Waals surface area contributed by atoms with Crippen molar-refractivity contribution in [3.8, 4) is 0 Å². The summed E-state index contributed by atoms with van der Waals surface area (Å²) in [6, 6.07) is 23.9. The van der Waals surface area contributed by atoms with Crippen LogP contribution >= 0.6 is 24.0 Å². The fraction of sp³-hybridized carbons (Fsp3) is 0.0455. The van der Waals surface area contributed by atoms with Gasteiger partial charge in [0, 0.05) is 16.3 Å². The van der Waals surface area contributed by atoms with E-state index in [0.29, 0.717) is 10.8 Å². The van der Waals surface area contributed by atoms with Crippen LogP contribution in [-0.2, 0) is 4.79 Å². The van der Waals surface area contributed by atoms with Crippen molar-refractivity contribution in [1.29, 1.82) is 0 Å². The molecule has 0 radical (unpaired) electrons. The van der Waals surface area contributed by atoms with Crippen molar-refractivity contribution in [2.24, 2.45) is 5.73 Å². The van der Waals surface area contributed by atoms with Gasteiger partial charge in [-0.05, 0) is 54.7 Å². The third-order valence-corrected chi connectivity index (χ3v) is 5.16. The largest absolute Gasteiger partial charge is 0.366 e. The number of thiocarbonyl (C=S) groups is 1.